The molecule has 0 unspecified atom stereocenters. The summed E-state index contributed by atoms with van der Waals surface area (Å²) >= 11 is 0. The fraction of sp³-hybridized carbons (Fsp3) is 0.455. The molecule has 0 fully saturated rings. The number of aromatic nitrogens is 5. The Labute approximate surface area is 99.3 Å². The lowest BCUT2D eigenvalue weighted by atomic mass is 10.2. The van der Waals surface area contributed by atoms with Crippen LogP contribution in [-0.4, -0.2) is 30.3 Å². The highest BCUT2D eigenvalue weighted by Crippen LogP contribution is 2.03. The minimum atomic E-state index is -0.0315. The van der Waals surface area contributed by atoms with E-state index in [1.807, 2.05) is 0 Å². The zero-order chi connectivity index (χ0) is 12.3. The third-order valence-electron chi connectivity index (χ3n) is 2.45. The van der Waals surface area contributed by atoms with E-state index in [1.165, 1.54) is 6.33 Å². The summed E-state index contributed by atoms with van der Waals surface area (Å²) in [6, 6.07) is 1.71. The first kappa shape index (κ1) is 11.5. The van der Waals surface area contributed by atoms with Crippen molar-refractivity contribution >= 4 is 5.78 Å². The zero-order valence-electron chi connectivity index (χ0n) is 10.00. The van der Waals surface area contributed by atoms with Gasteiger partial charge in [-0.25, -0.2) is 9.67 Å². The van der Waals surface area contributed by atoms with Gasteiger partial charge < -0.3 is 0 Å². The van der Waals surface area contributed by atoms with Gasteiger partial charge in [0.2, 0.25) is 0 Å². The van der Waals surface area contributed by atoms with E-state index < -0.39 is 0 Å². The molecule has 0 aromatic carbocycles. The standard InChI is InChI=1S/C11H15N5O/c1-3-5-16-11(12-8-13-16)7-10(17)9-4-6-15(2)14-9/h4,6,8H,3,5,7H2,1-2H3. The quantitative estimate of drug-likeness (QED) is 0.718. The minimum absolute atomic E-state index is 0.0315. The van der Waals surface area contributed by atoms with Crippen LogP contribution in [0.4, 0.5) is 0 Å². The number of carbonyl (C=O) groups is 1. The second kappa shape index (κ2) is 4.90. The largest absolute Gasteiger partial charge is 0.292 e. The summed E-state index contributed by atoms with van der Waals surface area (Å²) in [5.41, 5.74) is 0.471. The molecule has 0 radical (unpaired) electrons. The Morgan fingerprint density at radius 3 is 2.94 bits per heavy atom. The van der Waals surface area contributed by atoms with Crippen LogP contribution in [0.25, 0.3) is 0 Å². The molecule has 0 amide bonds. The van der Waals surface area contributed by atoms with Gasteiger partial charge in [0.25, 0.3) is 0 Å². The average molecular weight is 233 g/mol. The number of hydrogen-bond donors (Lipinski definition) is 0. The lowest BCUT2D eigenvalue weighted by molar-refractivity contribution is 0.0984. The Kier molecular flexibility index (Phi) is 3.32. The Hall–Kier alpha value is -1.98. The summed E-state index contributed by atoms with van der Waals surface area (Å²) in [5.74, 6) is 0.665. The van der Waals surface area contributed by atoms with Gasteiger partial charge in [0.05, 0.1) is 6.42 Å². The summed E-state index contributed by atoms with van der Waals surface area (Å²) in [4.78, 5) is 16.0. The van der Waals surface area contributed by atoms with Gasteiger partial charge in [0, 0.05) is 19.8 Å². The van der Waals surface area contributed by atoms with Gasteiger partial charge in [0.1, 0.15) is 17.8 Å². The van der Waals surface area contributed by atoms with E-state index in [0.29, 0.717) is 11.5 Å². The monoisotopic (exact) mass is 233 g/mol. The molecule has 0 N–H and O–H groups in total. The van der Waals surface area contributed by atoms with Crippen molar-refractivity contribution in [3.63, 3.8) is 0 Å². The van der Waals surface area contributed by atoms with Crippen LogP contribution in [0, 0.1) is 0 Å². The topological polar surface area (TPSA) is 65.6 Å². The molecule has 90 valence electrons. The first-order valence-corrected chi connectivity index (χ1v) is 5.60. The predicted molar refractivity (Wildman–Crippen MR) is 61.6 cm³/mol. The lowest BCUT2D eigenvalue weighted by Gasteiger charge is -2.02. The number of aryl methyl sites for hydroxylation is 2. The van der Waals surface area contributed by atoms with Gasteiger partial charge in [-0.05, 0) is 12.5 Å². The van der Waals surface area contributed by atoms with E-state index in [2.05, 4.69) is 22.1 Å². The molecule has 2 heterocycles. The third-order valence-corrected chi connectivity index (χ3v) is 2.45. The molecule has 2 rings (SSSR count). The average Bonchev–Trinajstić information content (AvgIpc) is 2.89. The highest BCUT2D eigenvalue weighted by atomic mass is 16.1. The molecule has 0 bridgehead atoms. The first-order chi connectivity index (χ1) is 8.20. The molecule has 0 aliphatic rings. The van der Waals surface area contributed by atoms with Crippen molar-refractivity contribution in [2.45, 2.75) is 26.3 Å². The number of ketones is 1. The van der Waals surface area contributed by atoms with Crippen molar-refractivity contribution < 1.29 is 4.79 Å². The van der Waals surface area contributed by atoms with E-state index in [9.17, 15) is 4.79 Å². The van der Waals surface area contributed by atoms with Crippen molar-refractivity contribution in [2.24, 2.45) is 7.05 Å². The van der Waals surface area contributed by atoms with Gasteiger partial charge in [-0.3, -0.25) is 9.48 Å². The number of nitrogens with zero attached hydrogens (tertiary/aromatic N) is 5. The fourth-order valence-electron chi connectivity index (χ4n) is 1.62. The predicted octanol–water partition coefficient (Wildman–Crippen LogP) is 0.847. The van der Waals surface area contributed by atoms with E-state index in [-0.39, 0.29) is 12.2 Å². The molecule has 6 heteroatoms. The first-order valence-electron chi connectivity index (χ1n) is 5.60. The molecular weight excluding hydrogens is 218 g/mol. The highest BCUT2D eigenvalue weighted by Gasteiger charge is 2.13. The van der Waals surface area contributed by atoms with Crippen molar-refractivity contribution in [3.8, 4) is 0 Å². The Balaban J connectivity index is 2.10. The van der Waals surface area contributed by atoms with Crippen LogP contribution in [0.2, 0.25) is 0 Å². The third kappa shape index (κ3) is 2.58. The SMILES string of the molecule is CCCn1ncnc1CC(=O)c1ccn(C)n1. The molecule has 17 heavy (non-hydrogen) atoms. The Morgan fingerprint density at radius 2 is 2.29 bits per heavy atom. The van der Waals surface area contributed by atoms with Crippen molar-refractivity contribution in [1.29, 1.82) is 0 Å². The molecular formula is C11H15N5O. The lowest BCUT2D eigenvalue weighted by Crippen LogP contribution is -2.12. The van der Waals surface area contributed by atoms with E-state index in [1.54, 1.807) is 28.7 Å². The smallest absolute Gasteiger partial charge is 0.190 e. The van der Waals surface area contributed by atoms with E-state index in [4.69, 9.17) is 0 Å². The molecule has 0 saturated heterocycles. The second-order valence-corrected chi connectivity index (χ2v) is 3.87. The molecule has 0 spiro atoms. The second-order valence-electron chi connectivity index (χ2n) is 3.87. The maximum Gasteiger partial charge on any atom is 0.190 e. The molecule has 2 aromatic heterocycles. The van der Waals surface area contributed by atoms with Crippen LogP contribution >= 0.6 is 0 Å². The number of hydrogen-bond acceptors (Lipinski definition) is 4. The number of rotatable bonds is 5. The van der Waals surface area contributed by atoms with Crippen molar-refractivity contribution in [2.75, 3.05) is 0 Å². The van der Waals surface area contributed by atoms with Gasteiger partial charge in [-0.2, -0.15) is 10.2 Å². The van der Waals surface area contributed by atoms with E-state index in [0.717, 1.165) is 13.0 Å². The van der Waals surface area contributed by atoms with Crippen LogP contribution in [0.5, 0.6) is 0 Å². The summed E-state index contributed by atoms with van der Waals surface area (Å²) < 4.78 is 3.38. The van der Waals surface area contributed by atoms with Gasteiger partial charge in [-0.15, -0.1) is 0 Å². The summed E-state index contributed by atoms with van der Waals surface area (Å²) in [5, 5.41) is 8.16. The number of carbonyl (C=O) groups excluding carboxylic acids is 1. The van der Waals surface area contributed by atoms with Gasteiger partial charge in [-0.1, -0.05) is 6.92 Å². The molecule has 6 nitrogen and oxygen atoms in total. The van der Waals surface area contributed by atoms with Gasteiger partial charge in [0.15, 0.2) is 5.78 Å². The minimum Gasteiger partial charge on any atom is -0.292 e. The maximum atomic E-state index is 11.9. The maximum absolute atomic E-state index is 11.9. The van der Waals surface area contributed by atoms with E-state index >= 15 is 0 Å². The summed E-state index contributed by atoms with van der Waals surface area (Å²) in [6.07, 6.45) is 4.45. The molecule has 0 aliphatic carbocycles. The summed E-state index contributed by atoms with van der Waals surface area (Å²) in [6.45, 7) is 2.84. The highest BCUT2D eigenvalue weighted by molar-refractivity contribution is 5.95. The zero-order valence-corrected chi connectivity index (χ0v) is 10.00. The van der Waals surface area contributed by atoms with Crippen molar-refractivity contribution in [1.82, 2.24) is 24.5 Å². The molecule has 2 aromatic rings. The van der Waals surface area contributed by atoms with Gasteiger partial charge >= 0.3 is 0 Å². The molecule has 0 atom stereocenters. The van der Waals surface area contributed by atoms with Crippen molar-refractivity contribution in [3.05, 3.63) is 30.1 Å². The fourth-order valence-corrected chi connectivity index (χ4v) is 1.62. The Morgan fingerprint density at radius 1 is 1.47 bits per heavy atom. The normalized spacial score (nSPS) is 10.7. The van der Waals surface area contributed by atoms with Crippen LogP contribution < -0.4 is 0 Å². The number of Topliss-reactive ketones (excluding diaryl/α,β-unsaturated/α-hetero) is 1. The van der Waals surface area contributed by atoms with Crippen LogP contribution in [0.1, 0.15) is 29.7 Å². The molecule has 0 saturated carbocycles. The molecule has 0 aliphatic heterocycles. The van der Waals surface area contributed by atoms with Crippen LogP contribution in [0.3, 0.4) is 0 Å². The van der Waals surface area contributed by atoms with Crippen LogP contribution in [-0.2, 0) is 20.0 Å². The van der Waals surface area contributed by atoms with Crippen LogP contribution in [0.15, 0.2) is 18.6 Å². The summed E-state index contributed by atoms with van der Waals surface area (Å²) in [7, 11) is 1.79. The Bertz CT molecular complexity index is 513.